The summed E-state index contributed by atoms with van der Waals surface area (Å²) < 4.78 is 19.0. The average molecular weight is 341 g/mol. The first-order valence-corrected chi connectivity index (χ1v) is 8.82. The summed E-state index contributed by atoms with van der Waals surface area (Å²) in [7, 11) is 0. The lowest BCUT2D eigenvalue weighted by Crippen LogP contribution is -2.30. The molecule has 1 fully saturated rings. The standard InChI is InChI=1S/C21H24FNO2/c1-16-5-4-6-18(13-16)14-21(24)23-11-9-17(15-23)10-12-25-20-8-3-2-7-19(20)22/h2-8,13,17H,9-12,14-15H2,1H3. The van der Waals surface area contributed by atoms with Gasteiger partial charge in [-0.3, -0.25) is 4.79 Å². The number of ether oxygens (including phenoxy) is 1. The number of para-hydroxylation sites is 1. The first-order chi connectivity index (χ1) is 12.1. The van der Waals surface area contributed by atoms with E-state index in [1.807, 2.05) is 30.0 Å². The first-order valence-electron chi connectivity index (χ1n) is 8.82. The van der Waals surface area contributed by atoms with E-state index in [-0.39, 0.29) is 11.7 Å². The fourth-order valence-electron chi connectivity index (χ4n) is 3.30. The molecule has 132 valence electrons. The van der Waals surface area contributed by atoms with Crippen LogP contribution in [0.15, 0.2) is 48.5 Å². The van der Waals surface area contributed by atoms with Crippen LogP contribution in [0.2, 0.25) is 0 Å². The van der Waals surface area contributed by atoms with Crippen molar-refractivity contribution in [1.82, 2.24) is 4.90 Å². The highest BCUT2D eigenvalue weighted by atomic mass is 19.1. The van der Waals surface area contributed by atoms with Crippen molar-refractivity contribution in [3.8, 4) is 5.75 Å². The smallest absolute Gasteiger partial charge is 0.226 e. The number of carbonyl (C=O) groups is 1. The van der Waals surface area contributed by atoms with E-state index in [1.54, 1.807) is 18.2 Å². The van der Waals surface area contributed by atoms with Gasteiger partial charge in [-0.2, -0.15) is 0 Å². The minimum Gasteiger partial charge on any atom is -0.491 e. The van der Waals surface area contributed by atoms with Gasteiger partial charge in [0.25, 0.3) is 0 Å². The van der Waals surface area contributed by atoms with E-state index < -0.39 is 0 Å². The lowest BCUT2D eigenvalue weighted by Gasteiger charge is -2.17. The molecular weight excluding hydrogens is 317 g/mol. The number of nitrogens with zero attached hydrogens (tertiary/aromatic N) is 1. The van der Waals surface area contributed by atoms with Crippen LogP contribution in [0.3, 0.4) is 0 Å². The molecule has 1 amide bonds. The monoisotopic (exact) mass is 341 g/mol. The molecule has 0 saturated carbocycles. The molecule has 3 rings (SSSR count). The van der Waals surface area contributed by atoms with Crippen molar-refractivity contribution in [2.24, 2.45) is 5.92 Å². The second-order valence-corrected chi connectivity index (χ2v) is 6.73. The van der Waals surface area contributed by atoms with Crippen molar-refractivity contribution < 1.29 is 13.9 Å². The second-order valence-electron chi connectivity index (χ2n) is 6.73. The molecule has 3 nitrogen and oxygen atoms in total. The SMILES string of the molecule is Cc1cccc(CC(=O)N2CCC(CCOc3ccccc3F)C2)c1. The van der Waals surface area contributed by atoms with Crippen molar-refractivity contribution in [1.29, 1.82) is 0 Å². The molecule has 0 spiro atoms. The van der Waals surface area contributed by atoms with Gasteiger partial charge >= 0.3 is 0 Å². The summed E-state index contributed by atoms with van der Waals surface area (Å²) in [5.74, 6) is 0.577. The van der Waals surface area contributed by atoms with E-state index in [1.165, 1.54) is 11.6 Å². The molecule has 0 aliphatic carbocycles. The van der Waals surface area contributed by atoms with Crippen LogP contribution in [-0.4, -0.2) is 30.5 Å². The minimum atomic E-state index is -0.330. The number of hydrogen-bond donors (Lipinski definition) is 0. The van der Waals surface area contributed by atoms with Gasteiger partial charge in [0.05, 0.1) is 13.0 Å². The van der Waals surface area contributed by atoms with Gasteiger partial charge < -0.3 is 9.64 Å². The number of likely N-dealkylation sites (tertiary alicyclic amines) is 1. The molecule has 0 N–H and O–H groups in total. The lowest BCUT2D eigenvalue weighted by atomic mass is 10.1. The highest BCUT2D eigenvalue weighted by Crippen LogP contribution is 2.22. The first kappa shape index (κ1) is 17.5. The zero-order valence-electron chi connectivity index (χ0n) is 14.6. The largest absolute Gasteiger partial charge is 0.491 e. The van der Waals surface area contributed by atoms with Crippen molar-refractivity contribution in [3.05, 3.63) is 65.5 Å². The second kappa shape index (κ2) is 8.15. The Kier molecular flexibility index (Phi) is 5.69. The highest BCUT2D eigenvalue weighted by Gasteiger charge is 2.26. The van der Waals surface area contributed by atoms with E-state index in [2.05, 4.69) is 6.07 Å². The van der Waals surface area contributed by atoms with Crippen molar-refractivity contribution in [2.45, 2.75) is 26.2 Å². The Hall–Kier alpha value is -2.36. The van der Waals surface area contributed by atoms with E-state index in [0.29, 0.717) is 24.7 Å². The number of hydrogen-bond acceptors (Lipinski definition) is 2. The van der Waals surface area contributed by atoms with E-state index in [4.69, 9.17) is 4.74 Å². The van der Waals surface area contributed by atoms with Crippen LogP contribution in [0, 0.1) is 18.7 Å². The predicted molar refractivity (Wildman–Crippen MR) is 96.1 cm³/mol. The molecule has 4 heteroatoms. The van der Waals surface area contributed by atoms with Crippen LogP contribution in [0.25, 0.3) is 0 Å². The van der Waals surface area contributed by atoms with Gasteiger partial charge in [-0.15, -0.1) is 0 Å². The molecule has 0 radical (unpaired) electrons. The Morgan fingerprint density at radius 3 is 2.88 bits per heavy atom. The van der Waals surface area contributed by atoms with E-state index in [0.717, 1.165) is 31.5 Å². The third kappa shape index (κ3) is 4.81. The van der Waals surface area contributed by atoms with Gasteiger partial charge in [0.2, 0.25) is 5.91 Å². The van der Waals surface area contributed by atoms with Gasteiger partial charge in [0.1, 0.15) is 0 Å². The van der Waals surface area contributed by atoms with Gasteiger partial charge in [-0.05, 0) is 43.4 Å². The Bertz CT molecular complexity index is 731. The van der Waals surface area contributed by atoms with E-state index in [9.17, 15) is 9.18 Å². The molecular formula is C21H24FNO2. The molecule has 0 bridgehead atoms. The topological polar surface area (TPSA) is 29.5 Å². The van der Waals surface area contributed by atoms with Crippen molar-refractivity contribution in [2.75, 3.05) is 19.7 Å². The minimum absolute atomic E-state index is 0.183. The van der Waals surface area contributed by atoms with Gasteiger partial charge in [0.15, 0.2) is 11.6 Å². The fraction of sp³-hybridized carbons (Fsp3) is 0.381. The zero-order chi connectivity index (χ0) is 17.6. The molecule has 25 heavy (non-hydrogen) atoms. The number of benzene rings is 2. The molecule has 1 aliphatic heterocycles. The molecule has 2 aromatic rings. The van der Waals surface area contributed by atoms with E-state index >= 15 is 0 Å². The summed E-state index contributed by atoms with van der Waals surface area (Å²) >= 11 is 0. The Balaban J connectivity index is 1.43. The summed E-state index contributed by atoms with van der Waals surface area (Å²) in [4.78, 5) is 14.4. The Morgan fingerprint density at radius 2 is 2.08 bits per heavy atom. The molecule has 0 aromatic heterocycles. The summed E-state index contributed by atoms with van der Waals surface area (Å²) in [6.07, 6.45) is 2.28. The van der Waals surface area contributed by atoms with Gasteiger partial charge in [-0.25, -0.2) is 4.39 Å². The van der Waals surface area contributed by atoms with Crippen LogP contribution >= 0.6 is 0 Å². The molecule has 2 aromatic carbocycles. The third-order valence-corrected chi connectivity index (χ3v) is 4.70. The van der Waals surface area contributed by atoms with Crippen molar-refractivity contribution >= 4 is 5.91 Å². The summed E-state index contributed by atoms with van der Waals surface area (Å²) in [5, 5.41) is 0. The number of carbonyl (C=O) groups excluding carboxylic acids is 1. The quantitative estimate of drug-likeness (QED) is 0.795. The molecule has 1 unspecified atom stereocenters. The summed E-state index contributed by atoms with van der Waals surface area (Å²) in [6, 6.07) is 14.5. The predicted octanol–water partition coefficient (Wildman–Crippen LogP) is 3.99. The van der Waals surface area contributed by atoms with Gasteiger partial charge in [0, 0.05) is 13.1 Å². The number of rotatable bonds is 6. The number of halogens is 1. The Morgan fingerprint density at radius 1 is 1.24 bits per heavy atom. The normalized spacial score (nSPS) is 16.9. The van der Waals surface area contributed by atoms with Crippen LogP contribution in [0.5, 0.6) is 5.75 Å². The van der Waals surface area contributed by atoms with Crippen LogP contribution < -0.4 is 4.74 Å². The van der Waals surface area contributed by atoms with Crippen LogP contribution in [0.1, 0.15) is 24.0 Å². The maximum Gasteiger partial charge on any atom is 0.226 e. The maximum atomic E-state index is 13.5. The summed E-state index contributed by atoms with van der Waals surface area (Å²) in [6.45, 7) is 4.08. The fourth-order valence-corrected chi connectivity index (χ4v) is 3.30. The molecule has 1 saturated heterocycles. The summed E-state index contributed by atoms with van der Waals surface area (Å²) in [5.41, 5.74) is 2.24. The lowest BCUT2D eigenvalue weighted by molar-refractivity contribution is -0.129. The molecule has 1 atom stereocenters. The average Bonchev–Trinajstić information content (AvgIpc) is 3.06. The number of aryl methyl sites for hydroxylation is 1. The third-order valence-electron chi connectivity index (χ3n) is 4.70. The van der Waals surface area contributed by atoms with Crippen molar-refractivity contribution in [3.63, 3.8) is 0 Å². The Labute approximate surface area is 148 Å². The van der Waals surface area contributed by atoms with Gasteiger partial charge in [-0.1, -0.05) is 42.0 Å². The number of amides is 1. The highest BCUT2D eigenvalue weighted by molar-refractivity contribution is 5.79. The maximum absolute atomic E-state index is 13.5. The zero-order valence-corrected chi connectivity index (χ0v) is 14.6. The van der Waals surface area contributed by atoms with Crippen LogP contribution in [-0.2, 0) is 11.2 Å². The molecule has 1 heterocycles. The molecule has 1 aliphatic rings. The van der Waals surface area contributed by atoms with Crippen LogP contribution in [0.4, 0.5) is 4.39 Å².